The molecule has 2 atom stereocenters. The Balaban J connectivity index is 2.15. The van der Waals surface area contributed by atoms with Gasteiger partial charge in [-0.1, -0.05) is 23.9 Å². The van der Waals surface area contributed by atoms with E-state index in [1.54, 1.807) is 18.7 Å². The molecule has 0 aromatic heterocycles. The highest BCUT2D eigenvalue weighted by Crippen LogP contribution is 2.39. The van der Waals surface area contributed by atoms with Gasteiger partial charge < -0.3 is 15.8 Å². The van der Waals surface area contributed by atoms with E-state index >= 15 is 0 Å². The van der Waals surface area contributed by atoms with Crippen LogP contribution in [0.15, 0.2) is 29.2 Å². The zero-order chi connectivity index (χ0) is 10.1. The highest BCUT2D eigenvalue weighted by atomic mass is 32.2. The second kappa shape index (κ2) is 3.63. The van der Waals surface area contributed by atoms with Gasteiger partial charge >= 0.3 is 0 Å². The van der Waals surface area contributed by atoms with Gasteiger partial charge in [0.2, 0.25) is 0 Å². The number of benzene rings is 1. The SMILES string of the molecule is CC(=N)C(O)C1Nc2ccccc2S1. The standard InChI is InChI=1S/C10H12N2OS/c1-6(11)9(13)10-12-7-4-2-3-5-8(7)14-10/h2-5,9-13H,1H3. The summed E-state index contributed by atoms with van der Waals surface area (Å²) >= 11 is 1.57. The third-order valence-electron chi connectivity index (χ3n) is 2.17. The van der Waals surface area contributed by atoms with E-state index in [0.717, 1.165) is 10.6 Å². The number of rotatable bonds is 2. The van der Waals surface area contributed by atoms with Crippen molar-refractivity contribution in [2.24, 2.45) is 0 Å². The summed E-state index contributed by atoms with van der Waals surface area (Å²) in [5.41, 5.74) is 1.34. The monoisotopic (exact) mass is 208 g/mol. The second-order valence-corrected chi connectivity index (χ2v) is 4.49. The molecule has 0 radical (unpaired) electrons. The number of para-hydroxylation sites is 1. The highest BCUT2D eigenvalue weighted by molar-refractivity contribution is 8.00. The van der Waals surface area contributed by atoms with Gasteiger partial charge in [0.25, 0.3) is 0 Å². The molecule has 0 amide bonds. The average Bonchev–Trinajstić information content (AvgIpc) is 2.59. The van der Waals surface area contributed by atoms with E-state index in [0.29, 0.717) is 5.71 Å². The molecular formula is C10H12N2OS. The van der Waals surface area contributed by atoms with Crippen LogP contribution in [-0.4, -0.2) is 22.3 Å². The van der Waals surface area contributed by atoms with Crippen LogP contribution in [0.4, 0.5) is 5.69 Å². The van der Waals surface area contributed by atoms with Crippen molar-refractivity contribution < 1.29 is 5.11 Å². The summed E-state index contributed by atoms with van der Waals surface area (Å²) in [4.78, 5) is 1.14. The summed E-state index contributed by atoms with van der Waals surface area (Å²) in [5.74, 6) is 0. The molecule has 74 valence electrons. The van der Waals surface area contributed by atoms with E-state index < -0.39 is 6.10 Å². The third-order valence-corrected chi connectivity index (χ3v) is 3.41. The molecule has 0 spiro atoms. The van der Waals surface area contributed by atoms with Crippen LogP contribution < -0.4 is 5.32 Å². The lowest BCUT2D eigenvalue weighted by atomic mass is 10.2. The van der Waals surface area contributed by atoms with Crippen molar-refractivity contribution in [3.8, 4) is 0 Å². The van der Waals surface area contributed by atoms with Crippen molar-refractivity contribution in [1.82, 2.24) is 0 Å². The zero-order valence-corrected chi connectivity index (χ0v) is 8.64. The van der Waals surface area contributed by atoms with E-state index in [2.05, 4.69) is 5.32 Å². The van der Waals surface area contributed by atoms with Gasteiger partial charge in [-0.15, -0.1) is 0 Å². The number of nitrogens with one attached hydrogen (secondary N) is 2. The normalized spacial score (nSPS) is 21.1. The predicted molar refractivity (Wildman–Crippen MR) is 59.1 cm³/mol. The smallest absolute Gasteiger partial charge is 0.121 e. The molecule has 1 aliphatic rings. The lowest BCUT2D eigenvalue weighted by Gasteiger charge is -2.16. The fourth-order valence-corrected chi connectivity index (χ4v) is 2.58. The van der Waals surface area contributed by atoms with Crippen molar-refractivity contribution in [3.63, 3.8) is 0 Å². The number of thioether (sulfide) groups is 1. The molecule has 2 unspecified atom stereocenters. The summed E-state index contributed by atoms with van der Waals surface area (Å²) < 4.78 is 0. The minimum atomic E-state index is -0.715. The Morgan fingerprint density at radius 1 is 1.57 bits per heavy atom. The molecule has 1 aliphatic heterocycles. The Kier molecular flexibility index (Phi) is 2.48. The van der Waals surface area contributed by atoms with Gasteiger partial charge in [-0.05, 0) is 19.1 Å². The van der Waals surface area contributed by atoms with Gasteiger partial charge in [0.1, 0.15) is 11.5 Å². The summed E-state index contributed by atoms with van der Waals surface area (Å²) in [6.07, 6.45) is -0.715. The molecule has 14 heavy (non-hydrogen) atoms. The number of anilines is 1. The van der Waals surface area contributed by atoms with Crippen LogP contribution >= 0.6 is 11.8 Å². The summed E-state index contributed by atoms with van der Waals surface area (Å²) in [6.45, 7) is 1.62. The quantitative estimate of drug-likeness (QED) is 0.651. The average molecular weight is 208 g/mol. The van der Waals surface area contributed by atoms with E-state index in [1.165, 1.54) is 0 Å². The summed E-state index contributed by atoms with van der Waals surface area (Å²) in [7, 11) is 0. The highest BCUT2D eigenvalue weighted by Gasteiger charge is 2.28. The first-order valence-corrected chi connectivity index (χ1v) is 5.32. The molecule has 4 heteroatoms. The molecule has 0 saturated carbocycles. The van der Waals surface area contributed by atoms with Gasteiger partial charge in [-0.2, -0.15) is 0 Å². The van der Waals surface area contributed by atoms with Crippen LogP contribution in [0.3, 0.4) is 0 Å². The van der Waals surface area contributed by atoms with Crippen LogP contribution in [-0.2, 0) is 0 Å². The maximum Gasteiger partial charge on any atom is 0.121 e. The Hall–Kier alpha value is -1.00. The first kappa shape index (κ1) is 9.55. The summed E-state index contributed by atoms with van der Waals surface area (Å²) in [5, 5.41) is 20.1. The van der Waals surface area contributed by atoms with Gasteiger partial charge in [0.15, 0.2) is 0 Å². The lowest BCUT2D eigenvalue weighted by Crippen LogP contribution is -2.33. The van der Waals surface area contributed by atoms with Gasteiger partial charge in [0, 0.05) is 16.3 Å². The number of aliphatic hydroxyl groups is 1. The third kappa shape index (κ3) is 1.63. The molecule has 3 N–H and O–H groups in total. The first-order chi connectivity index (χ1) is 6.68. The molecule has 3 nitrogen and oxygen atoms in total. The molecule has 0 fully saturated rings. The van der Waals surface area contributed by atoms with Crippen molar-refractivity contribution >= 4 is 23.2 Å². The van der Waals surface area contributed by atoms with Gasteiger partial charge in [-0.3, -0.25) is 0 Å². The maximum atomic E-state index is 9.69. The second-order valence-electron chi connectivity index (χ2n) is 3.31. The lowest BCUT2D eigenvalue weighted by molar-refractivity contribution is 0.244. The molecule has 2 rings (SSSR count). The van der Waals surface area contributed by atoms with Crippen LogP contribution in [0.5, 0.6) is 0 Å². The molecule has 0 bridgehead atoms. The van der Waals surface area contributed by atoms with Crippen molar-refractivity contribution in [2.45, 2.75) is 23.3 Å². The number of hydrogen-bond donors (Lipinski definition) is 3. The van der Waals surface area contributed by atoms with Crippen molar-refractivity contribution in [2.75, 3.05) is 5.32 Å². The van der Waals surface area contributed by atoms with Crippen LogP contribution in [0, 0.1) is 5.41 Å². The summed E-state index contributed by atoms with van der Waals surface area (Å²) in [6, 6.07) is 7.92. The Bertz CT molecular complexity index is 342. The molecule has 1 aromatic carbocycles. The minimum Gasteiger partial charge on any atom is -0.384 e. The Morgan fingerprint density at radius 3 is 2.93 bits per heavy atom. The molecule has 1 heterocycles. The van der Waals surface area contributed by atoms with Crippen LogP contribution in [0.1, 0.15) is 6.92 Å². The maximum absolute atomic E-state index is 9.69. The number of hydrogen-bond acceptors (Lipinski definition) is 4. The number of aliphatic hydroxyl groups excluding tert-OH is 1. The molecule has 1 aromatic rings. The topological polar surface area (TPSA) is 56.1 Å². The first-order valence-electron chi connectivity index (χ1n) is 4.44. The van der Waals surface area contributed by atoms with E-state index in [9.17, 15) is 5.11 Å². The zero-order valence-electron chi connectivity index (χ0n) is 7.82. The van der Waals surface area contributed by atoms with E-state index in [1.807, 2.05) is 24.3 Å². The van der Waals surface area contributed by atoms with Gasteiger partial charge in [-0.25, -0.2) is 0 Å². The van der Waals surface area contributed by atoms with Crippen LogP contribution in [0.2, 0.25) is 0 Å². The van der Waals surface area contributed by atoms with Crippen molar-refractivity contribution in [3.05, 3.63) is 24.3 Å². The van der Waals surface area contributed by atoms with Gasteiger partial charge in [0.05, 0.1) is 0 Å². The fourth-order valence-electron chi connectivity index (χ4n) is 1.38. The van der Waals surface area contributed by atoms with E-state index in [4.69, 9.17) is 5.41 Å². The van der Waals surface area contributed by atoms with E-state index in [-0.39, 0.29) is 5.37 Å². The molecule has 0 saturated heterocycles. The molecule has 0 aliphatic carbocycles. The molecular weight excluding hydrogens is 196 g/mol. The fraction of sp³-hybridized carbons (Fsp3) is 0.300. The number of fused-ring (bicyclic) bond motifs is 1. The Morgan fingerprint density at radius 2 is 2.29 bits per heavy atom. The largest absolute Gasteiger partial charge is 0.384 e. The predicted octanol–water partition coefficient (Wildman–Crippen LogP) is 1.93. The minimum absolute atomic E-state index is 0.120. The Labute approximate surface area is 87.0 Å². The van der Waals surface area contributed by atoms with Crippen LogP contribution in [0.25, 0.3) is 0 Å². The van der Waals surface area contributed by atoms with Crippen molar-refractivity contribution in [1.29, 1.82) is 5.41 Å².